The summed E-state index contributed by atoms with van der Waals surface area (Å²) in [5, 5.41) is 29.1. The van der Waals surface area contributed by atoms with Gasteiger partial charge in [-0.2, -0.15) is 0 Å². The normalized spacial score (nSPS) is 7.71. The molecule has 0 bridgehead atoms. The molecule has 0 amide bonds. The quantitative estimate of drug-likeness (QED) is 0.312. The second-order valence-corrected chi connectivity index (χ2v) is 4.23. The van der Waals surface area contributed by atoms with Gasteiger partial charge in [-0.05, 0) is 0 Å². The maximum Gasteiger partial charge on any atom is 1.00 e. The number of hydrogen-bond acceptors (Lipinski definition) is 3. The van der Waals surface area contributed by atoms with Crippen molar-refractivity contribution in [1.29, 1.82) is 0 Å². The molecule has 0 N–H and O–H groups in total. The van der Waals surface area contributed by atoms with Crippen molar-refractivity contribution < 1.29 is 104 Å². The van der Waals surface area contributed by atoms with Crippen molar-refractivity contribution in [2.24, 2.45) is 0 Å². The van der Waals surface area contributed by atoms with Crippen LogP contribution in [0.1, 0.15) is 78.6 Å². The fourth-order valence-electron chi connectivity index (χ4n) is 1.06. The predicted molar refractivity (Wildman–Crippen MR) is 73.2 cm³/mol. The zero-order valence-electron chi connectivity index (χ0n) is 15.7. The minimum Gasteiger partial charge on any atom is -0.854 e. The summed E-state index contributed by atoms with van der Waals surface area (Å²) < 4.78 is 0. The first-order valence-corrected chi connectivity index (χ1v) is 7.49. The van der Waals surface area contributed by atoms with Crippen LogP contribution < -0.4 is 104 Å². The zero-order valence-corrected chi connectivity index (χ0v) is 21.7. The summed E-state index contributed by atoms with van der Waals surface area (Å²) in [7, 11) is 0. The van der Waals surface area contributed by atoms with Crippen molar-refractivity contribution in [3.63, 3.8) is 0 Å². The molecule has 6 heteroatoms. The van der Waals surface area contributed by atoms with Crippen LogP contribution in [0.4, 0.5) is 0 Å². The summed E-state index contributed by atoms with van der Waals surface area (Å²) in [6.45, 7) is 6.59. The predicted octanol–water partition coefficient (Wildman–Crippen LogP) is -7.38. The molecule has 0 heterocycles. The molecular formula is C15H33Na3O3. The van der Waals surface area contributed by atoms with Gasteiger partial charge in [-0.25, -0.2) is 0 Å². The molecule has 0 aliphatic rings. The van der Waals surface area contributed by atoms with E-state index in [4.69, 9.17) is 0 Å². The van der Waals surface area contributed by atoms with Crippen LogP contribution in [0.5, 0.6) is 0 Å². The maximum atomic E-state index is 9.69. The largest absolute Gasteiger partial charge is 1.00 e. The van der Waals surface area contributed by atoms with Crippen molar-refractivity contribution in [2.75, 3.05) is 19.8 Å². The Hall–Kier alpha value is 2.88. The minimum absolute atomic E-state index is 0. The van der Waals surface area contributed by atoms with Gasteiger partial charge in [0.25, 0.3) is 0 Å². The molecule has 0 atom stereocenters. The smallest absolute Gasteiger partial charge is 0.854 e. The van der Waals surface area contributed by atoms with Crippen molar-refractivity contribution in [3.8, 4) is 0 Å². The first-order valence-electron chi connectivity index (χ1n) is 7.49. The Kier molecular flexibility index (Phi) is 92.1. The molecule has 0 aliphatic carbocycles. The Morgan fingerprint density at radius 3 is 0.667 bits per heavy atom. The van der Waals surface area contributed by atoms with Crippen LogP contribution in [0, 0.1) is 0 Å². The second kappa shape index (κ2) is 49.5. The van der Waals surface area contributed by atoms with Crippen molar-refractivity contribution >= 4 is 0 Å². The Labute approximate surface area is 199 Å². The summed E-state index contributed by atoms with van der Waals surface area (Å²) in [6.07, 6.45) is 9.34. The topological polar surface area (TPSA) is 69.2 Å². The van der Waals surface area contributed by atoms with Gasteiger partial charge in [-0.1, -0.05) is 78.6 Å². The minimum atomic E-state index is 0. The van der Waals surface area contributed by atoms with E-state index in [2.05, 4.69) is 20.8 Å². The van der Waals surface area contributed by atoms with E-state index in [-0.39, 0.29) is 108 Å². The van der Waals surface area contributed by atoms with Gasteiger partial charge in [0.2, 0.25) is 0 Å². The average Bonchev–Trinajstić information content (AvgIpc) is 2.42. The molecule has 0 rings (SSSR count). The van der Waals surface area contributed by atoms with Gasteiger partial charge in [0.15, 0.2) is 0 Å². The fraction of sp³-hybridized carbons (Fsp3) is 1.00. The number of rotatable bonds is 9. The molecule has 0 aromatic rings. The molecule has 0 radical (unpaired) electrons. The van der Waals surface area contributed by atoms with Gasteiger partial charge in [-0.15, -0.1) is 19.8 Å². The van der Waals surface area contributed by atoms with Gasteiger partial charge in [-0.3, -0.25) is 0 Å². The zero-order chi connectivity index (χ0) is 14.5. The summed E-state index contributed by atoms with van der Waals surface area (Å²) in [6, 6.07) is 0. The van der Waals surface area contributed by atoms with E-state index >= 15 is 0 Å². The molecule has 0 spiro atoms. The number of hydrogen-bond donors (Lipinski definition) is 0. The van der Waals surface area contributed by atoms with E-state index in [1.165, 1.54) is 0 Å². The summed E-state index contributed by atoms with van der Waals surface area (Å²) >= 11 is 0. The van der Waals surface area contributed by atoms with E-state index in [9.17, 15) is 15.3 Å². The standard InChI is InChI=1S/3C5H11O.3Na/c3*1-2-3-4-5-6;;;/h3*2-5H2,1H3;;;/q3*-1;3*+1. The molecule has 0 saturated carbocycles. The van der Waals surface area contributed by atoms with E-state index in [1.807, 2.05) is 0 Å². The van der Waals surface area contributed by atoms with Gasteiger partial charge >= 0.3 is 88.7 Å². The average molecular weight is 330 g/mol. The molecule has 0 aromatic carbocycles. The second-order valence-electron chi connectivity index (χ2n) is 4.23. The molecule has 0 unspecified atom stereocenters. The van der Waals surface area contributed by atoms with Gasteiger partial charge < -0.3 is 15.3 Å². The maximum absolute atomic E-state index is 9.69. The SMILES string of the molecule is CCCCC[O-].CCCCC[O-].CCCCC[O-].[Na+].[Na+].[Na+]. The number of unbranched alkanes of at least 4 members (excludes halogenated alkanes) is 6. The third-order valence-corrected chi connectivity index (χ3v) is 2.24. The van der Waals surface area contributed by atoms with Crippen LogP contribution in [-0.2, 0) is 0 Å². The van der Waals surface area contributed by atoms with Crippen molar-refractivity contribution in [2.45, 2.75) is 78.6 Å². The molecule has 21 heavy (non-hydrogen) atoms. The van der Waals surface area contributed by atoms with Gasteiger partial charge in [0.1, 0.15) is 0 Å². The molecule has 3 nitrogen and oxygen atoms in total. The van der Waals surface area contributed by atoms with E-state index in [0.29, 0.717) is 0 Å². The first-order chi connectivity index (χ1) is 8.74. The third-order valence-electron chi connectivity index (χ3n) is 2.24. The third kappa shape index (κ3) is 70.7. The molecule has 0 saturated heterocycles. The Bertz CT molecular complexity index is 79.1. The molecule has 0 aliphatic heterocycles. The van der Waals surface area contributed by atoms with Gasteiger partial charge in [0.05, 0.1) is 0 Å². The molecule has 0 aromatic heterocycles. The van der Waals surface area contributed by atoms with Crippen LogP contribution >= 0.6 is 0 Å². The molecular weight excluding hydrogens is 297 g/mol. The fourth-order valence-corrected chi connectivity index (χ4v) is 1.06. The summed E-state index contributed by atoms with van der Waals surface area (Å²) in [4.78, 5) is 0. The molecule has 0 fully saturated rings. The van der Waals surface area contributed by atoms with E-state index in [0.717, 1.165) is 57.8 Å². The van der Waals surface area contributed by atoms with E-state index < -0.39 is 0 Å². The van der Waals surface area contributed by atoms with Crippen molar-refractivity contribution in [3.05, 3.63) is 0 Å². The molecule has 114 valence electrons. The first kappa shape index (κ1) is 39.1. The van der Waals surface area contributed by atoms with Crippen molar-refractivity contribution in [1.82, 2.24) is 0 Å². The Morgan fingerprint density at radius 2 is 0.619 bits per heavy atom. The summed E-state index contributed by atoms with van der Waals surface area (Å²) in [5.41, 5.74) is 0. The Morgan fingerprint density at radius 1 is 0.429 bits per heavy atom. The van der Waals surface area contributed by atoms with E-state index in [1.54, 1.807) is 0 Å². The van der Waals surface area contributed by atoms with Crippen LogP contribution in [0.25, 0.3) is 0 Å². The van der Waals surface area contributed by atoms with Gasteiger partial charge in [0, 0.05) is 0 Å². The van der Waals surface area contributed by atoms with Crippen LogP contribution in [0.2, 0.25) is 0 Å². The van der Waals surface area contributed by atoms with Crippen LogP contribution in [-0.4, -0.2) is 19.8 Å². The summed E-state index contributed by atoms with van der Waals surface area (Å²) in [5.74, 6) is 0. The monoisotopic (exact) mass is 330 g/mol. The Balaban J connectivity index is -0.0000000375. The van der Waals surface area contributed by atoms with Crippen LogP contribution in [0.3, 0.4) is 0 Å². The van der Waals surface area contributed by atoms with Crippen LogP contribution in [0.15, 0.2) is 0 Å².